The second kappa shape index (κ2) is 6.89. The Hall–Kier alpha value is -0.940. The van der Waals surface area contributed by atoms with Crippen LogP contribution in [-0.4, -0.2) is 29.4 Å². The number of aryl methyl sites for hydroxylation is 2. The summed E-state index contributed by atoms with van der Waals surface area (Å²) in [5.41, 5.74) is 7.33. The molecule has 1 unspecified atom stereocenters. The molecule has 0 spiro atoms. The minimum atomic E-state index is 0.0463. The second-order valence-corrected chi connectivity index (χ2v) is 8.63. The molecule has 5 heteroatoms. The highest BCUT2D eigenvalue weighted by Gasteiger charge is 2.36. The fourth-order valence-corrected chi connectivity index (χ4v) is 5.41. The number of hydrogen-bond donors (Lipinski definition) is 1. The minimum Gasteiger partial charge on any atom is -0.338 e. The van der Waals surface area contributed by atoms with Gasteiger partial charge < -0.3 is 10.6 Å². The van der Waals surface area contributed by atoms with Crippen molar-refractivity contribution in [1.29, 1.82) is 0 Å². The maximum absolute atomic E-state index is 12.9. The Morgan fingerprint density at radius 1 is 1.35 bits per heavy atom. The summed E-state index contributed by atoms with van der Waals surface area (Å²) in [5, 5.41) is 1.12. The third-order valence-electron chi connectivity index (χ3n) is 5.76. The predicted octanol–water partition coefficient (Wildman–Crippen LogP) is 3.59. The predicted molar refractivity (Wildman–Crippen MR) is 94.5 cm³/mol. The lowest BCUT2D eigenvalue weighted by molar-refractivity contribution is -0.135. The van der Waals surface area contributed by atoms with Crippen molar-refractivity contribution in [3.05, 3.63) is 15.6 Å². The van der Waals surface area contributed by atoms with Crippen LogP contribution >= 0.6 is 11.3 Å². The molecule has 2 aliphatic rings. The Bertz CT molecular complexity index is 563. The number of nitrogens with zero attached hydrogens (tertiary/aromatic N) is 2. The van der Waals surface area contributed by atoms with Gasteiger partial charge in [-0.15, -0.1) is 11.3 Å². The normalized spacial score (nSPS) is 23.3. The Labute approximate surface area is 143 Å². The van der Waals surface area contributed by atoms with E-state index in [4.69, 9.17) is 5.73 Å². The van der Waals surface area contributed by atoms with E-state index in [1.165, 1.54) is 29.8 Å². The van der Waals surface area contributed by atoms with E-state index in [1.54, 1.807) is 11.3 Å². The van der Waals surface area contributed by atoms with Gasteiger partial charge in [0.1, 0.15) is 0 Å². The molecule has 1 saturated carbocycles. The van der Waals surface area contributed by atoms with Crippen molar-refractivity contribution in [2.45, 2.75) is 70.8 Å². The average Bonchev–Trinajstić information content (AvgIpc) is 2.95. The molecule has 1 fully saturated rings. The van der Waals surface area contributed by atoms with Gasteiger partial charge in [0.2, 0.25) is 5.91 Å². The molecular formula is C18H29N3OS. The van der Waals surface area contributed by atoms with Crippen LogP contribution in [0.25, 0.3) is 0 Å². The SMILES string of the molecule is Cc1nc2c(s1)C(N(C)C(=O)CC1(CN)CCCCC1)CCC2. The molecule has 0 radical (unpaired) electrons. The van der Waals surface area contributed by atoms with Crippen molar-refractivity contribution in [3.8, 4) is 0 Å². The van der Waals surface area contributed by atoms with Crippen LogP contribution in [0.15, 0.2) is 0 Å². The molecule has 1 amide bonds. The van der Waals surface area contributed by atoms with E-state index in [0.717, 1.165) is 37.1 Å². The van der Waals surface area contributed by atoms with E-state index in [2.05, 4.69) is 11.9 Å². The lowest BCUT2D eigenvalue weighted by atomic mass is 9.71. The van der Waals surface area contributed by atoms with E-state index in [-0.39, 0.29) is 17.4 Å². The van der Waals surface area contributed by atoms with E-state index >= 15 is 0 Å². The van der Waals surface area contributed by atoms with Gasteiger partial charge in [0.25, 0.3) is 0 Å². The highest BCUT2D eigenvalue weighted by atomic mass is 32.1. The van der Waals surface area contributed by atoms with Gasteiger partial charge in [-0.3, -0.25) is 4.79 Å². The number of nitrogens with two attached hydrogens (primary N) is 1. The van der Waals surface area contributed by atoms with E-state index in [9.17, 15) is 4.79 Å². The van der Waals surface area contributed by atoms with Crippen LogP contribution in [0.3, 0.4) is 0 Å². The van der Waals surface area contributed by atoms with Gasteiger partial charge in [0, 0.05) is 13.5 Å². The fourth-order valence-electron chi connectivity index (χ4n) is 4.26. The van der Waals surface area contributed by atoms with Gasteiger partial charge in [-0.2, -0.15) is 0 Å². The van der Waals surface area contributed by atoms with Crippen molar-refractivity contribution in [1.82, 2.24) is 9.88 Å². The summed E-state index contributed by atoms with van der Waals surface area (Å²) in [6, 6.07) is 0.218. The van der Waals surface area contributed by atoms with Gasteiger partial charge >= 0.3 is 0 Å². The molecule has 128 valence electrons. The van der Waals surface area contributed by atoms with E-state index < -0.39 is 0 Å². The van der Waals surface area contributed by atoms with Crippen molar-refractivity contribution >= 4 is 17.2 Å². The zero-order valence-corrected chi connectivity index (χ0v) is 15.3. The third kappa shape index (κ3) is 3.45. The van der Waals surface area contributed by atoms with Crippen LogP contribution in [0.2, 0.25) is 0 Å². The van der Waals surface area contributed by atoms with Crippen LogP contribution < -0.4 is 5.73 Å². The summed E-state index contributed by atoms with van der Waals surface area (Å²) in [6.07, 6.45) is 9.81. The second-order valence-electron chi connectivity index (χ2n) is 7.40. The van der Waals surface area contributed by atoms with Gasteiger partial charge in [-0.1, -0.05) is 19.3 Å². The summed E-state index contributed by atoms with van der Waals surface area (Å²) in [4.78, 5) is 20.9. The summed E-state index contributed by atoms with van der Waals surface area (Å²) in [6.45, 7) is 2.70. The van der Waals surface area contributed by atoms with Crippen LogP contribution in [-0.2, 0) is 11.2 Å². The molecular weight excluding hydrogens is 306 g/mol. The molecule has 0 saturated heterocycles. The molecule has 1 atom stereocenters. The Morgan fingerprint density at radius 3 is 2.78 bits per heavy atom. The molecule has 1 aromatic heterocycles. The molecule has 1 heterocycles. The maximum Gasteiger partial charge on any atom is 0.223 e. The Morgan fingerprint density at radius 2 is 2.09 bits per heavy atom. The zero-order valence-electron chi connectivity index (χ0n) is 14.4. The Balaban J connectivity index is 1.72. The van der Waals surface area contributed by atoms with Crippen molar-refractivity contribution in [2.75, 3.05) is 13.6 Å². The zero-order chi connectivity index (χ0) is 16.4. The van der Waals surface area contributed by atoms with Crippen molar-refractivity contribution in [3.63, 3.8) is 0 Å². The van der Waals surface area contributed by atoms with E-state index in [1.807, 2.05) is 11.9 Å². The first kappa shape index (κ1) is 16.9. The maximum atomic E-state index is 12.9. The number of hydrogen-bond acceptors (Lipinski definition) is 4. The topological polar surface area (TPSA) is 59.2 Å². The molecule has 2 N–H and O–H groups in total. The molecule has 2 aliphatic carbocycles. The number of thiazole rings is 1. The average molecular weight is 336 g/mol. The van der Waals surface area contributed by atoms with Gasteiger partial charge in [0.05, 0.1) is 21.6 Å². The van der Waals surface area contributed by atoms with Gasteiger partial charge in [0.15, 0.2) is 0 Å². The highest BCUT2D eigenvalue weighted by molar-refractivity contribution is 7.11. The summed E-state index contributed by atoms with van der Waals surface area (Å²) in [5.74, 6) is 0.265. The summed E-state index contributed by atoms with van der Waals surface area (Å²) >= 11 is 1.77. The summed E-state index contributed by atoms with van der Waals surface area (Å²) < 4.78 is 0. The quantitative estimate of drug-likeness (QED) is 0.915. The molecule has 3 rings (SSSR count). The number of fused-ring (bicyclic) bond motifs is 1. The first-order valence-corrected chi connectivity index (χ1v) is 9.78. The number of amides is 1. The number of aromatic nitrogens is 1. The first-order chi connectivity index (χ1) is 11.0. The molecule has 23 heavy (non-hydrogen) atoms. The first-order valence-electron chi connectivity index (χ1n) is 8.97. The van der Waals surface area contributed by atoms with Crippen LogP contribution in [0.5, 0.6) is 0 Å². The van der Waals surface area contributed by atoms with Crippen LogP contribution in [0, 0.1) is 12.3 Å². The number of carbonyl (C=O) groups excluding carboxylic acids is 1. The standard InChI is InChI=1S/C18H29N3OS/c1-13-20-14-7-6-8-15(17(14)23-13)21(2)16(22)11-18(12-19)9-4-3-5-10-18/h15H,3-12,19H2,1-2H3. The van der Waals surface area contributed by atoms with Crippen molar-refractivity contribution < 1.29 is 4.79 Å². The van der Waals surface area contributed by atoms with Gasteiger partial charge in [-0.05, 0) is 51.0 Å². The largest absolute Gasteiger partial charge is 0.338 e. The molecule has 0 bridgehead atoms. The lowest BCUT2D eigenvalue weighted by Crippen LogP contribution is -2.40. The molecule has 4 nitrogen and oxygen atoms in total. The molecule has 1 aromatic rings. The van der Waals surface area contributed by atoms with E-state index in [0.29, 0.717) is 13.0 Å². The lowest BCUT2D eigenvalue weighted by Gasteiger charge is -2.38. The molecule has 0 aliphatic heterocycles. The number of rotatable bonds is 4. The Kier molecular flexibility index (Phi) is 5.07. The van der Waals surface area contributed by atoms with Crippen molar-refractivity contribution in [2.24, 2.45) is 11.1 Å². The third-order valence-corrected chi connectivity index (χ3v) is 6.88. The highest BCUT2D eigenvalue weighted by Crippen LogP contribution is 2.41. The fraction of sp³-hybridized carbons (Fsp3) is 0.778. The van der Waals surface area contributed by atoms with Crippen LogP contribution in [0.4, 0.5) is 0 Å². The van der Waals surface area contributed by atoms with Crippen LogP contribution in [0.1, 0.15) is 73.0 Å². The minimum absolute atomic E-state index is 0.0463. The van der Waals surface area contributed by atoms with Gasteiger partial charge in [-0.25, -0.2) is 4.98 Å². The summed E-state index contributed by atoms with van der Waals surface area (Å²) in [7, 11) is 1.98. The number of carbonyl (C=O) groups is 1. The molecule has 0 aromatic carbocycles. The monoisotopic (exact) mass is 335 g/mol. The smallest absolute Gasteiger partial charge is 0.223 e.